The molecule has 5 heteroatoms. The minimum atomic E-state index is 0.313. The number of aldehydes is 1. The molecule has 0 fully saturated rings. The van der Waals surface area contributed by atoms with Crippen molar-refractivity contribution in [3.05, 3.63) is 47.3 Å². The standard InChI is InChI=1S/C13H13NO4/c1-16-9-13-6-11(14-18-13)8-17-12-4-2-10(7-15)3-5-12/h2-7H,8-9H2,1H3. The highest BCUT2D eigenvalue weighted by atomic mass is 16.5. The highest BCUT2D eigenvalue weighted by Gasteiger charge is 2.04. The lowest BCUT2D eigenvalue weighted by molar-refractivity contribution is 0.112. The van der Waals surface area contributed by atoms with Crippen molar-refractivity contribution in [3.8, 4) is 5.75 Å². The molecule has 18 heavy (non-hydrogen) atoms. The lowest BCUT2D eigenvalue weighted by atomic mass is 10.2. The zero-order valence-electron chi connectivity index (χ0n) is 9.96. The monoisotopic (exact) mass is 247 g/mol. The largest absolute Gasteiger partial charge is 0.487 e. The van der Waals surface area contributed by atoms with E-state index < -0.39 is 0 Å². The molecule has 0 radical (unpaired) electrons. The third-order valence-electron chi connectivity index (χ3n) is 2.30. The second kappa shape index (κ2) is 5.97. The second-order valence-corrected chi connectivity index (χ2v) is 3.69. The summed E-state index contributed by atoms with van der Waals surface area (Å²) in [7, 11) is 1.59. The fourth-order valence-corrected chi connectivity index (χ4v) is 1.43. The summed E-state index contributed by atoms with van der Waals surface area (Å²) in [6.07, 6.45) is 0.790. The minimum Gasteiger partial charge on any atom is -0.487 e. The summed E-state index contributed by atoms with van der Waals surface area (Å²) in [6, 6.07) is 8.64. The number of carbonyl (C=O) groups excluding carboxylic acids is 1. The van der Waals surface area contributed by atoms with Gasteiger partial charge in [0.1, 0.15) is 30.9 Å². The van der Waals surface area contributed by atoms with Crippen LogP contribution in [0.1, 0.15) is 21.8 Å². The van der Waals surface area contributed by atoms with E-state index in [1.165, 1.54) is 0 Å². The summed E-state index contributed by atoms with van der Waals surface area (Å²) in [5.41, 5.74) is 1.31. The molecule has 0 N–H and O–H groups in total. The average Bonchev–Trinajstić information content (AvgIpc) is 2.85. The van der Waals surface area contributed by atoms with E-state index in [2.05, 4.69) is 5.16 Å². The molecule has 1 heterocycles. The molecule has 0 unspecified atom stereocenters. The quantitative estimate of drug-likeness (QED) is 0.732. The Labute approximate surface area is 104 Å². The highest BCUT2D eigenvalue weighted by molar-refractivity contribution is 5.74. The summed E-state index contributed by atoms with van der Waals surface area (Å²) >= 11 is 0. The van der Waals surface area contributed by atoms with E-state index in [0.717, 1.165) is 6.29 Å². The molecule has 2 aromatic rings. The first-order valence-corrected chi connectivity index (χ1v) is 5.43. The van der Waals surface area contributed by atoms with Crippen LogP contribution >= 0.6 is 0 Å². The number of rotatable bonds is 6. The van der Waals surface area contributed by atoms with Gasteiger partial charge in [0.15, 0.2) is 5.76 Å². The molecule has 0 bridgehead atoms. The maximum atomic E-state index is 10.5. The van der Waals surface area contributed by atoms with E-state index in [9.17, 15) is 4.79 Å². The maximum absolute atomic E-state index is 10.5. The Morgan fingerprint density at radius 1 is 1.28 bits per heavy atom. The molecule has 1 aromatic heterocycles. The first kappa shape index (κ1) is 12.3. The van der Waals surface area contributed by atoms with Crippen molar-refractivity contribution < 1.29 is 18.8 Å². The van der Waals surface area contributed by atoms with Crippen LogP contribution in [0.25, 0.3) is 0 Å². The summed E-state index contributed by atoms with van der Waals surface area (Å²) in [5.74, 6) is 1.34. The van der Waals surface area contributed by atoms with Crippen LogP contribution < -0.4 is 4.74 Å². The van der Waals surface area contributed by atoms with Gasteiger partial charge in [-0.15, -0.1) is 0 Å². The number of hydrogen-bond donors (Lipinski definition) is 0. The van der Waals surface area contributed by atoms with Crippen molar-refractivity contribution in [1.82, 2.24) is 5.16 Å². The molecule has 1 aromatic carbocycles. The Kier molecular flexibility index (Phi) is 4.09. The molecule has 0 saturated carbocycles. The van der Waals surface area contributed by atoms with E-state index in [4.69, 9.17) is 14.0 Å². The maximum Gasteiger partial charge on any atom is 0.162 e. The average molecular weight is 247 g/mol. The molecule has 2 rings (SSSR count). The van der Waals surface area contributed by atoms with Crippen molar-refractivity contribution in [2.45, 2.75) is 13.2 Å². The van der Waals surface area contributed by atoms with Gasteiger partial charge in [-0.3, -0.25) is 4.79 Å². The van der Waals surface area contributed by atoms with Crippen molar-refractivity contribution in [2.75, 3.05) is 7.11 Å². The molecule has 0 amide bonds. The van der Waals surface area contributed by atoms with Crippen LogP contribution in [-0.2, 0) is 18.0 Å². The third-order valence-corrected chi connectivity index (χ3v) is 2.30. The van der Waals surface area contributed by atoms with Crippen LogP contribution in [-0.4, -0.2) is 18.6 Å². The number of hydrogen-bond acceptors (Lipinski definition) is 5. The molecule has 0 atom stereocenters. The van der Waals surface area contributed by atoms with E-state index >= 15 is 0 Å². The van der Waals surface area contributed by atoms with E-state index in [0.29, 0.717) is 36.0 Å². The molecule has 0 spiro atoms. The van der Waals surface area contributed by atoms with Crippen molar-refractivity contribution in [1.29, 1.82) is 0 Å². The topological polar surface area (TPSA) is 61.6 Å². The predicted octanol–water partition coefficient (Wildman–Crippen LogP) is 2.21. The Bertz CT molecular complexity index is 504. The van der Waals surface area contributed by atoms with Crippen LogP contribution in [0.15, 0.2) is 34.9 Å². The summed E-state index contributed by atoms with van der Waals surface area (Å²) in [5, 5.41) is 3.85. The van der Waals surface area contributed by atoms with Gasteiger partial charge >= 0.3 is 0 Å². The minimum absolute atomic E-state index is 0.313. The molecule has 0 saturated heterocycles. The van der Waals surface area contributed by atoms with Gasteiger partial charge in [0, 0.05) is 18.7 Å². The Hall–Kier alpha value is -2.14. The first-order chi connectivity index (χ1) is 8.81. The number of carbonyl (C=O) groups is 1. The van der Waals surface area contributed by atoms with E-state index in [-0.39, 0.29) is 0 Å². The first-order valence-electron chi connectivity index (χ1n) is 5.43. The Morgan fingerprint density at radius 3 is 2.72 bits per heavy atom. The predicted molar refractivity (Wildman–Crippen MR) is 63.4 cm³/mol. The van der Waals surface area contributed by atoms with Crippen molar-refractivity contribution in [2.24, 2.45) is 0 Å². The summed E-state index contributed by atoms with van der Waals surface area (Å²) < 4.78 is 15.5. The van der Waals surface area contributed by atoms with Gasteiger partial charge in [0.05, 0.1) is 0 Å². The van der Waals surface area contributed by atoms with Crippen LogP contribution in [0.2, 0.25) is 0 Å². The van der Waals surface area contributed by atoms with E-state index in [1.54, 1.807) is 37.4 Å². The molecule has 5 nitrogen and oxygen atoms in total. The van der Waals surface area contributed by atoms with E-state index in [1.807, 2.05) is 0 Å². The van der Waals surface area contributed by atoms with Gasteiger partial charge in [0.2, 0.25) is 0 Å². The summed E-state index contributed by atoms with van der Waals surface area (Å²) in [4.78, 5) is 10.5. The van der Waals surface area contributed by atoms with Gasteiger partial charge in [-0.05, 0) is 24.3 Å². The molecule has 94 valence electrons. The Morgan fingerprint density at radius 2 is 2.06 bits per heavy atom. The van der Waals surface area contributed by atoms with Gasteiger partial charge in [-0.25, -0.2) is 0 Å². The zero-order chi connectivity index (χ0) is 12.8. The Balaban J connectivity index is 1.91. The SMILES string of the molecule is COCc1cc(COc2ccc(C=O)cc2)no1. The van der Waals surface area contributed by atoms with Gasteiger partial charge in [-0.2, -0.15) is 0 Å². The lowest BCUT2D eigenvalue weighted by Crippen LogP contribution is -1.95. The molecule has 0 aliphatic heterocycles. The van der Waals surface area contributed by atoms with Gasteiger partial charge in [-0.1, -0.05) is 5.16 Å². The highest BCUT2D eigenvalue weighted by Crippen LogP contribution is 2.13. The fraction of sp³-hybridized carbons (Fsp3) is 0.231. The number of methoxy groups -OCH3 is 1. The van der Waals surface area contributed by atoms with Crippen molar-refractivity contribution >= 4 is 6.29 Å². The molecular formula is C13H13NO4. The van der Waals surface area contributed by atoms with Crippen LogP contribution in [0.5, 0.6) is 5.75 Å². The van der Waals surface area contributed by atoms with Crippen LogP contribution in [0.4, 0.5) is 0 Å². The van der Waals surface area contributed by atoms with Crippen LogP contribution in [0.3, 0.4) is 0 Å². The number of aromatic nitrogens is 1. The summed E-state index contributed by atoms with van der Waals surface area (Å²) in [6.45, 7) is 0.703. The zero-order valence-corrected chi connectivity index (χ0v) is 9.96. The number of benzene rings is 1. The fourth-order valence-electron chi connectivity index (χ4n) is 1.43. The normalized spacial score (nSPS) is 10.3. The van der Waals surface area contributed by atoms with Gasteiger partial charge in [0.25, 0.3) is 0 Å². The molecular weight excluding hydrogens is 234 g/mol. The molecule has 0 aliphatic carbocycles. The van der Waals surface area contributed by atoms with Crippen LogP contribution in [0, 0.1) is 0 Å². The smallest absolute Gasteiger partial charge is 0.162 e. The number of ether oxygens (including phenoxy) is 2. The second-order valence-electron chi connectivity index (χ2n) is 3.69. The molecule has 0 aliphatic rings. The third kappa shape index (κ3) is 3.18. The lowest BCUT2D eigenvalue weighted by Gasteiger charge is -2.03. The number of nitrogens with zero attached hydrogens (tertiary/aromatic N) is 1. The van der Waals surface area contributed by atoms with Gasteiger partial charge < -0.3 is 14.0 Å². The van der Waals surface area contributed by atoms with Crippen molar-refractivity contribution in [3.63, 3.8) is 0 Å².